The average molecular weight is 805 g/mol. The first kappa shape index (κ1) is 35.2. The van der Waals surface area contributed by atoms with Crippen LogP contribution < -0.4 is 0 Å². The van der Waals surface area contributed by atoms with Crippen molar-refractivity contribution in [1.29, 1.82) is 0 Å². The number of para-hydroxylation sites is 4. The smallest absolute Gasteiger partial charge is 0.238 e. The van der Waals surface area contributed by atoms with E-state index in [1.165, 1.54) is 27.1 Å². The van der Waals surface area contributed by atoms with Gasteiger partial charge in [0.05, 0.1) is 38.8 Å². The van der Waals surface area contributed by atoms with E-state index in [4.69, 9.17) is 15.0 Å². The predicted octanol–water partition coefficient (Wildman–Crippen LogP) is 14.2. The van der Waals surface area contributed by atoms with Crippen LogP contribution >= 0.6 is 0 Å². The lowest BCUT2D eigenvalue weighted by molar-refractivity contribution is 0.950. The molecule has 0 atom stereocenters. The second-order valence-electron chi connectivity index (χ2n) is 16.0. The van der Waals surface area contributed by atoms with Crippen LogP contribution in [0.5, 0.6) is 0 Å². The largest absolute Gasteiger partial charge is 0.309 e. The van der Waals surface area contributed by atoms with Crippen LogP contribution in [0.4, 0.5) is 0 Å². The maximum absolute atomic E-state index is 5.38. The van der Waals surface area contributed by atoms with Gasteiger partial charge in [-0.2, -0.15) is 9.97 Å². The normalized spacial score (nSPS) is 11.8. The molecule has 6 nitrogen and oxygen atoms in total. The highest BCUT2D eigenvalue weighted by Gasteiger charge is 2.27. The summed E-state index contributed by atoms with van der Waals surface area (Å²) >= 11 is 0. The highest BCUT2D eigenvalue weighted by atomic mass is 15.2. The Balaban J connectivity index is 1.24. The van der Waals surface area contributed by atoms with Gasteiger partial charge in [-0.05, 0) is 53.6 Å². The summed E-state index contributed by atoms with van der Waals surface area (Å²) in [6.07, 6.45) is 0. The van der Waals surface area contributed by atoms with Crippen LogP contribution in [0.3, 0.4) is 0 Å². The molecule has 0 aliphatic heterocycles. The van der Waals surface area contributed by atoms with Crippen LogP contribution in [-0.4, -0.2) is 28.7 Å². The van der Waals surface area contributed by atoms with Gasteiger partial charge >= 0.3 is 0 Å². The zero-order valence-corrected chi connectivity index (χ0v) is 34.0. The lowest BCUT2D eigenvalue weighted by atomic mass is 10.0. The van der Waals surface area contributed by atoms with Gasteiger partial charge in [-0.15, -0.1) is 0 Å². The minimum Gasteiger partial charge on any atom is -0.309 e. The maximum Gasteiger partial charge on any atom is 0.238 e. The summed E-state index contributed by atoms with van der Waals surface area (Å²) in [4.78, 5) is 15.9. The van der Waals surface area contributed by atoms with Crippen LogP contribution in [0.1, 0.15) is 0 Å². The van der Waals surface area contributed by atoms with Gasteiger partial charge in [0, 0.05) is 49.1 Å². The fourth-order valence-corrected chi connectivity index (χ4v) is 9.78. The standard InChI is InChI=1S/C57H36N6/c1-4-19-37(20-5-1)40-25-18-26-41(35-40)61-48-33-16-12-29-44(48)52-50(61)36-51(62-46-31-14-10-27-42(46)43-28-11-15-32-47(43)62)54-53(52)45-30-13-17-34-49(45)63(54)57-59-55(38-21-6-2-7-22-38)58-56(60-57)39-23-8-3-9-24-39/h1-36H. The molecule has 0 spiro atoms. The number of hydrogen-bond donors (Lipinski definition) is 0. The van der Waals surface area contributed by atoms with E-state index < -0.39 is 0 Å². The molecule has 0 bridgehead atoms. The molecule has 63 heavy (non-hydrogen) atoms. The molecule has 0 N–H and O–H groups in total. The molecule has 0 radical (unpaired) electrons. The lowest BCUT2D eigenvalue weighted by Gasteiger charge is -2.16. The average Bonchev–Trinajstić information content (AvgIpc) is 4.00. The number of fused-ring (bicyclic) bond motifs is 10. The Bertz CT molecular complexity index is 3790. The Hall–Kier alpha value is -8.61. The van der Waals surface area contributed by atoms with Gasteiger partial charge in [0.25, 0.3) is 0 Å². The Kier molecular flexibility index (Phi) is 7.80. The topological polar surface area (TPSA) is 53.5 Å². The van der Waals surface area contributed by atoms with Crippen molar-refractivity contribution in [3.8, 4) is 51.2 Å². The highest BCUT2D eigenvalue weighted by Crippen LogP contribution is 2.46. The van der Waals surface area contributed by atoms with E-state index in [-0.39, 0.29) is 0 Å². The summed E-state index contributed by atoms with van der Waals surface area (Å²) < 4.78 is 7.18. The van der Waals surface area contributed by atoms with Crippen molar-refractivity contribution in [3.63, 3.8) is 0 Å². The third kappa shape index (κ3) is 5.41. The molecule has 0 unspecified atom stereocenters. The third-order valence-corrected chi connectivity index (χ3v) is 12.5. The summed E-state index contributed by atoms with van der Waals surface area (Å²) in [5.74, 6) is 1.77. The van der Waals surface area contributed by atoms with E-state index in [1.54, 1.807) is 0 Å². The molecule has 6 heteroatoms. The SMILES string of the molecule is c1ccc(-c2cccc(-n3c4ccccc4c4c5c6ccccc6n(-c6nc(-c7ccccc7)nc(-c7ccccc7)n6)c5c(-n5c6ccccc6c6ccccc65)cc43)c2)cc1. The number of nitrogens with zero attached hydrogens (tertiary/aromatic N) is 6. The van der Waals surface area contributed by atoms with Crippen molar-refractivity contribution in [2.45, 2.75) is 0 Å². The fraction of sp³-hybridized carbons (Fsp3) is 0. The van der Waals surface area contributed by atoms with Gasteiger partial charge in [-0.25, -0.2) is 4.98 Å². The number of hydrogen-bond acceptors (Lipinski definition) is 3. The third-order valence-electron chi connectivity index (χ3n) is 12.5. The minimum absolute atomic E-state index is 0.551. The molecule has 0 amide bonds. The molecule has 294 valence electrons. The zero-order valence-electron chi connectivity index (χ0n) is 34.0. The van der Waals surface area contributed by atoms with Crippen LogP contribution in [0.15, 0.2) is 218 Å². The molecule has 0 saturated heterocycles. The summed E-state index contributed by atoms with van der Waals surface area (Å²) in [7, 11) is 0. The highest BCUT2D eigenvalue weighted by molar-refractivity contribution is 6.31. The molecule has 0 aliphatic rings. The van der Waals surface area contributed by atoms with Crippen molar-refractivity contribution in [3.05, 3.63) is 218 Å². The summed E-state index contributed by atoms with van der Waals surface area (Å²) in [6.45, 7) is 0. The van der Waals surface area contributed by atoms with E-state index >= 15 is 0 Å². The van der Waals surface area contributed by atoms with E-state index in [0.29, 0.717) is 17.6 Å². The first-order valence-corrected chi connectivity index (χ1v) is 21.3. The second kappa shape index (κ2) is 14.0. The van der Waals surface area contributed by atoms with E-state index in [1.807, 2.05) is 36.4 Å². The van der Waals surface area contributed by atoms with Gasteiger partial charge in [-0.1, -0.05) is 176 Å². The van der Waals surface area contributed by atoms with E-state index in [0.717, 1.165) is 71.9 Å². The van der Waals surface area contributed by atoms with Gasteiger partial charge in [-0.3, -0.25) is 4.57 Å². The van der Waals surface area contributed by atoms with Gasteiger partial charge in [0.1, 0.15) is 0 Å². The van der Waals surface area contributed by atoms with Gasteiger partial charge < -0.3 is 9.13 Å². The Morgan fingerprint density at radius 2 is 0.730 bits per heavy atom. The molecular weight excluding hydrogens is 769 g/mol. The fourth-order valence-electron chi connectivity index (χ4n) is 9.78. The van der Waals surface area contributed by atoms with Crippen molar-refractivity contribution < 1.29 is 0 Å². The van der Waals surface area contributed by atoms with E-state index in [9.17, 15) is 0 Å². The van der Waals surface area contributed by atoms with Gasteiger partial charge in [0.2, 0.25) is 5.95 Å². The van der Waals surface area contributed by atoms with Crippen LogP contribution in [0, 0.1) is 0 Å². The first-order chi connectivity index (χ1) is 31.3. The first-order valence-electron chi connectivity index (χ1n) is 21.3. The summed E-state index contributed by atoms with van der Waals surface area (Å²) in [5, 5.41) is 6.98. The summed E-state index contributed by atoms with van der Waals surface area (Å²) in [6, 6.07) is 77.4. The number of benzene rings is 9. The lowest BCUT2D eigenvalue weighted by Crippen LogP contribution is -2.08. The van der Waals surface area contributed by atoms with Crippen molar-refractivity contribution in [1.82, 2.24) is 28.7 Å². The molecular formula is C57H36N6. The monoisotopic (exact) mass is 804 g/mol. The molecule has 9 aromatic carbocycles. The Morgan fingerprint density at radius 3 is 1.30 bits per heavy atom. The molecule has 4 aromatic heterocycles. The maximum atomic E-state index is 5.38. The number of rotatable bonds is 6. The quantitative estimate of drug-likeness (QED) is 0.168. The Morgan fingerprint density at radius 1 is 0.286 bits per heavy atom. The minimum atomic E-state index is 0.551. The predicted molar refractivity (Wildman–Crippen MR) is 259 cm³/mol. The summed E-state index contributed by atoms with van der Waals surface area (Å²) in [5.41, 5.74) is 12.8. The molecule has 13 aromatic rings. The van der Waals surface area contributed by atoms with Crippen LogP contribution in [-0.2, 0) is 0 Å². The Labute approximate surface area is 362 Å². The van der Waals surface area contributed by atoms with Crippen molar-refractivity contribution in [2.24, 2.45) is 0 Å². The van der Waals surface area contributed by atoms with E-state index in [2.05, 4.69) is 196 Å². The second-order valence-corrected chi connectivity index (χ2v) is 16.0. The molecule has 0 aliphatic carbocycles. The van der Waals surface area contributed by atoms with Gasteiger partial charge in [0.15, 0.2) is 11.6 Å². The molecule has 0 saturated carbocycles. The molecule has 0 fully saturated rings. The van der Waals surface area contributed by atoms with Crippen molar-refractivity contribution in [2.75, 3.05) is 0 Å². The van der Waals surface area contributed by atoms with Crippen LogP contribution in [0.25, 0.3) is 117 Å². The van der Waals surface area contributed by atoms with Crippen LogP contribution in [0.2, 0.25) is 0 Å². The number of aromatic nitrogens is 6. The zero-order chi connectivity index (χ0) is 41.4. The van der Waals surface area contributed by atoms with Crippen molar-refractivity contribution >= 4 is 65.4 Å². The molecule has 4 heterocycles. The molecule has 13 rings (SSSR count).